The molecule has 0 N–H and O–H groups in total. The summed E-state index contributed by atoms with van der Waals surface area (Å²) in [6.07, 6.45) is 0.0272. The number of rotatable bonds is 5. The maximum absolute atomic E-state index is 5.56. The second kappa shape index (κ2) is 7.21. The molecule has 0 fully saturated rings. The lowest BCUT2D eigenvalue weighted by atomic mass is 10.5. The Labute approximate surface area is 83.4 Å². The molecule has 0 rings (SSSR count). The first-order chi connectivity index (χ1) is 4.74. The molecule has 0 radical (unpaired) electrons. The Morgan fingerprint density at radius 3 is 2.30 bits per heavy atom. The van der Waals surface area contributed by atoms with E-state index in [1.165, 1.54) is 0 Å². The molecule has 1 nitrogen and oxygen atoms in total. The van der Waals surface area contributed by atoms with Crippen LogP contribution in [-0.4, -0.2) is 30.5 Å². The van der Waals surface area contributed by atoms with Crippen molar-refractivity contribution in [3.05, 3.63) is 0 Å². The van der Waals surface area contributed by atoms with Crippen molar-refractivity contribution in [1.82, 2.24) is 0 Å². The lowest BCUT2D eigenvalue weighted by Gasteiger charge is -2.13. The van der Waals surface area contributed by atoms with Gasteiger partial charge >= 0.3 is 12.7 Å². The van der Waals surface area contributed by atoms with Crippen LogP contribution in [0.25, 0.3) is 0 Å². The fourth-order valence-electron chi connectivity index (χ4n) is 0.419. The minimum absolute atomic E-state index is 0.0272. The van der Waals surface area contributed by atoms with Gasteiger partial charge in [-0.3, -0.25) is 0 Å². The maximum Gasteiger partial charge on any atom is 0.557 e. The van der Waals surface area contributed by atoms with Crippen LogP contribution in [0.2, 0.25) is 5.28 Å². The molecule has 0 aromatic rings. The van der Waals surface area contributed by atoms with Gasteiger partial charge in [-0.15, -0.1) is 23.2 Å². The zero-order valence-electron chi connectivity index (χ0n) is 5.82. The van der Waals surface area contributed by atoms with E-state index in [1.54, 1.807) is 0 Å². The van der Waals surface area contributed by atoms with Crippen molar-refractivity contribution in [1.29, 1.82) is 0 Å². The van der Waals surface area contributed by atoms with Gasteiger partial charge in [-0.25, -0.2) is 0 Å². The summed E-state index contributed by atoms with van der Waals surface area (Å²) in [6.45, 7) is 2.09. The molecule has 60 valence electrons. The summed E-state index contributed by atoms with van der Waals surface area (Å²) < 4.78 is 5.49. The Kier molecular flexibility index (Phi) is 8.34. The summed E-state index contributed by atoms with van der Waals surface area (Å²) in [7, 11) is 0. The van der Waals surface area contributed by atoms with Crippen LogP contribution in [0.5, 0.6) is 0 Å². The molecule has 0 spiro atoms. The second-order valence-electron chi connectivity index (χ2n) is 1.89. The predicted molar refractivity (Wildman–Crippen MR) is 51.5 cm³/mol. The quantitative estimate of drug-likeness (QED) is 0.548. The molecule has 0 saturated heterocycles. The summed E-state index contributed by atoms with van der Waals surface area (Å²) in [6, 6.07) is 0. The van der Waals surface area contributed by atoms with E-state index in [1.807, 2.05) is 0 Å². The fraction of sp³-hybridized carbons (Fsp3) is 1.00. The maximum atomic E-state index is 5.56. The normalized spacial score (nSPS) is 10.5. The Bertz CT molecular complexity index is 82.0. The van der Waals surface area contributed by atoms with Gasteiger partial charge in [0.05, 0.1) is 6.10 Å². The van der Waals surface area contributed by atoms with Crippen LogP contribution < -0.4 is 0 Å². The van der Waals surface area contributed by atoms with Crippen molar-refractivity contribution in [2.75, 3.05) is 11.8 Å². The van der Waals surface area contributed by atoms with Crippen LogP contribution in [0.4, 0.5) is 0 Å². The Hall–Kier alpha value is 1.55. The van der Waals surface area contributed by atoms with E-state index in [0.717, 1.165) is 5.28 Å². The molecule has 0 aliphatic rings. The van der Waals surface area contributed by atoms with Crippen LogP contribution in [0.1, 0.15) is 6.92 Å². The van der Waals surface area contributed by atoms with Gasteiger partial charge in [-0.1, -0.05) is 12.2 Å². The minimum atomic E-state index is -1.13. The zero-order valence-corrected chi connectivity index (χ0v) is 10.1. The first kappa shape index (κ1) is 11.6. The number of hydrogen-bond acceptors (Lipinski definition) is 1. The van der Waals surface area contributed by atoms with E-state index in [4.69, 9.17) is 27.0 Å². The molecular formula is C5H10AlBrCl2O. The first-order valence-electron chi connectivity index (χ1n) is 3.16. The van der Waals surface area contributed by atoms with Crippen LogP contribution in [0.15, 0.2) is 0 Å². The Morgan fingerprint density at radius 2 is 2.00 bits per heavy atom. The monoisotopic (exact) mass is 262 g/mol. The van der Waals surface area contributed by atoms with E-state index >= 15 is 0 Å². The third-order valence-corrected chi connectivity index (χ3v) is 5.61. The second-order valence-corrected chi connectivity index (χ2v) is 7.47. The highest BCUT2D eigenvalue weighted by atomic mass is 79.9. The standard InChI is InChI=1S/C3H5Cl2O.C2H5.Al.BrH/c4-1-3(6)2-5;1-2;;/h3H,1-2H2;1H2,2H3;;1H/q-1;;+2;/p-1. The lowest BCUT2D eigenvalue weighted by molar-refractivity contribution is 0.259. The van der Waals surface area contributed by atoms with E-state index in [-0.39, 0.29) is 6.10 Å². The molecule has 0 aliphatic carbocycles. The Morgan fingerprint density at radius 1 is 1.50 bits per heavy atom. The van der Waals surface area contributed by atoms with Gasteiger partial charge in [0.2, 0.25) is 0 Å². The number of alkyl halides is 2. The molecule has 0 atom stereocenters. The van der Waals surface area contributed by atoms with Crippen molar-refractivity contribution < 1.29 is 3.79 Å². The van der Waals surface area contributed by atoms with Gasteiger partial charge in [0.1, 0.15) is 0 Å². The van der Waals surface area contributed by atoms with Gasteiger partial charge < -0.3 is 3.79 Å². The zero-order chi connectivity index (χ0) is 7.98. The van der Waals surface area contributed by atoms with Crippen molar-refractivity contribution in [3.63, 3.8) is 0 Å². The van der Waals surface area contributed by atoms with Crippen molar-refractivity contribution in [2.24, 2.45) is 0 Å². The third kappa shape index (κ3) is 5.24. The lowest BCUT2D eigenvalue weighted by Crippen LogP contribution is -2.23. The molecule has 0 aromatic carbocycles. The van der Waals surface area contributed by atoms with Gasteiger partial charge in [0.15, 0.2) is 0 Å². The van der Waals surface area contributed by atoms with E-state index in [0.29, 0.717) is 11.8 Å². The smallest absolute Gasteiger partial charge is 0.488 e. The largest absolute Gasteiger partial charge is 0.557 e. The molecule has 0 heterocycles. The van der Waals surface area contributed by atoms with Gasteiger partial charge in [-0.05, 0) is 0 Å². The molecule has 0 amide bonds. The molecule has 0 aromatic heterocycles. The summed E-state index contributed by atoms with van der Waals surface area (Å²) in [5.74, 6) is 0.969. The molecule has 0 aliphatic heterocycles. The number of hydrogen-bond donors (Lipinski definition) is 0. The van der Waals surface area contributed by atoms with Crippen molar-refractivity contribution in [2.45, 2.75) is 18.3 Å². The minimum Gasteiger partial charge on any atom is -0.488 e. The highest BCUT2D eigenvalue weighted by Gasteiger charge is 2.18. The van der Waals surface area contributed by atoms with E-state index < -0.39 is 12.7 Å². The summed E-state index contributed by atoms with van der Waals surface area (Å²) in [5, 5.41) is 1.06. The SMILES string of the molecule is C[CH2][Al]([Br])[O]C(CCl)CCl. The topological polar surface area (TPSA) is 9.23 Å². The molecule has 0 saturated carbocycles. The fourth-order valence-corrected chi connectivity index (χ4v) is 2.86. The van der Waals surface area contributed by atoms with Crippen LogP contribution in [0.3, 0.4) is 0 Å². The van der Waals surface area contributed by atoms with Gasteiger partial charge in [0, 0.05) is 11.8 Å². The van der Waals surface area contributed by atoms with Crippen LogP contribution >= 0.6 is 37.3 Å². The predicted octanol–water partition coefficient (Wildman–Crippen LogP) is 2.75. The molecule has 5 heteroatoms. The average Bonchev–Trinajstić information content (AvgIpc) is 1.99. The summed E-state index contributed by atoms with van der Waals surface area (Å²) >= 11 is 13.4. The van der Waals surface area contributed by atoms with Crippen molar-refractivity contribution >= 4 is 49.9 Å². The third-order valence-electron chi connectivity index (χ3n) is 1.01. The molecule has 0 bridgehead atoms. The van der Waals surface area contributed by atoms with Crippen molar-refractivity contribution in [3.8, 4) is 0 Å². The van der Waals surface area contributed by atoms with Gasteiger partial charge in [-0.2, -0.15) is 14.1 Å². The molecule has 10 heavy (non-hydrogen) atoms. The van der Waals surface area contributed by atoms with Crippen LogP contribution in [0, 0.1) is 0 Å². The Balaban J connectivity index is 3.41. The van der Waals surface area contributed by atoms with E-state index in [9.17, 15) is 0 Å². The highest BCUT2D eigenvalue weighted by Crippen LogP contribution is 2.08. The molecule has 0 unspecified atom stereocenters. The highest BCUT2D eigenvalue weighted by molar-refractivity contribution is 9.24. The average molecular weight is 264 g/mol. The number of halogens is 3. The van der Waals surface area contributed by atoms with E-state index in [2.05, 4.69) is 21.0 Å². The summed E-state index contributed by atoms with van der Waals surface area (Å²) in [4.78, 5) is 0. The molecular weight excluding hydrogens is 254 g/mol. The first-order valence-corrected chi connectivity index (χ1v) is 8.70. The summed E-state index contributed by atoms with van der Waals surface area (Å²) in [5.41, 5.74) is 0. The van der Waals surface area contributed by atoms with Gasteiger partial charge in [0.25, 0.3) is 0 Å². The van der Waals surface area contributed by atoms with Crippen LogP contribution in [-0.2, 0) is 3.79 Å².